The van der Waals surface area contributed by atoms with E-state index in [9.17, 15) is 0 Å². The number of hydrogen-bond acceptors (Lipinski definition) is 3. The molecular formula is C17H23NO2. The summed E-state index contributed by atoms with van der Waals surface area (Å²) in [6, 6.07) is 8.20. The van der Waals surface area contributed by atoms with Crippen molar-refractivity contribution in [2.24, 2.45) is 0 Å². The number of hydrogen-bond donors (Lipinski definition) is 0. The van der Waals surface area contributed by atoms with Crippen LogP contribution in [0.15, 0.2) is 18.2 Å². The second-order valence-corrected chi connectivity index (χ2v) is 6.43. The van der Waals surface area contributed by atoms with Crippen molar-refractivity contribution in [3.8, 4) is 5.75 Å². The van der Waals surface area contributed by atoms with Gasteiger partial charge in [0.05, 0.1) is 12.7 Å². The van der Waals surface area contributed by atoms with E-state index in [1.165, 1.54) is 36.8 Å². The third kappa shape index (κ3) is 2.13. The van der Waals surface area contributed by atoms with E-state index in [4.69, 9.17) is 9.47 Å². The maximum absolute atomic E-state index is 5.60. The van der Waals surface area contributed by atoms with Gasteiger partial charge >= 0.3 is 0 Å². The number of fused-ring (bicyclic) bond motifs is 3. The fraction of sp³-hybridized carbons (Fsp3) is 0.647. The number of methoxy groups -OCH3 is 1. The second kappa shape index (κ2) is 5.05. The second-order valence-electron chi connectivity index (χ2n) is 6.43. The van der Waals surface area contributed by atoms with Crippen LogP contribution >= 0.6 is 0 Å². The van der Waals surface area contributed by atoms with Crippen molar-refractivity contribution in [1.82, 2.24) is 4.90 Å². The van der Waals surface area contributed by atoms with E-state index in [2.05, 4.69) is 23.1 Å². The standard InChI is InChI=1S/C17H23NO2/c1-19-16-9-14-3-4-15(10-16)18(14)11-12-2-5-17-13(8-12)6-7-20-17/h2,5,8,14-16H,3-4,6-7,9-11H2,1H3/t14-,15+,16?. The summed E-state index contributed by atoms with van der Waals surface area (Å²) in [5.41, 5.74) is 2.84. The summed E-state index contributed by atoms with van der Waals surface area (Å²) in [6.07, 6.45) is 6.67. The summed E-state index contributed by atoms with van der Waals surface area (Å²) >= 11 is 0. The van der Waals surface area contributed by atoms with Gasteiger partial charge in [0.15, 0.2) is 0 Å². The highest BCUT2D eigenvalue weighted by molar-refractivity contribution is 5.39. The molecule has 0 radical (unpaired) electrons. The highest BCUT2D eigenvalue weighted by Gasteiger charge is 2.40. The Kier molecular flexibility index (Phi) is 3.20. The molecule has 0 saturated carbocycles. The Morgan fingerprint density at radius 3 is 2.80 bits per heavy atom. The SMILES string of the molecule is COC1C[C@H]2CC[C@@H](C1)N2Cc1ccc2c(c1)CCO2. The minimum atomic E-state index is 0.483. The number of benzene rings is 1. The third-order valence-corrected chi connectivity index (χ3v) is 5.29. The predicted octanol–water partition coefficient (Wildman–Crippen LogP) is 2.76. The Balaban J connectivity index is 1.50. The third-order valence-electron chi connectivity index (χ3n) is 5.29. The lowest BCUT2D eigenvalue weighted by Gasteiger charge is -2.38. The van der Waals surface area contributed by atoms with Crippen LogP contribution in [0.4, 0.5) is 0 Å². The van der Waals surface area contributed by atoms with Crippen LogP contribution in [0.3, 0.4) is 0 Å². The van der Waals surface area contributed by atoms with Crippen molar-refractivity contribution in [3.05, 3.63) is 29.3 Å². The van der Waals surface area contributed by atoms with Gasteiger partial charge in [-0.15, -0.1) is 0 Å². The van der Waals surface area contributed by atoms with Crippen LogP contribution in [0.5, 0.6) is 5.75 Å². The molecule has 0 N–H and O–H groups in total. The van der Waals surface area contributed by atoms with Crippen LogP contribution in [0.1, 0.15) is 36.8 Å². The first-order valence-electron chi connectivity index (χ1n) is 7.86. The molecule has 3 heteroatoms. The van der Waals surface area contributed by atoms with Gasteiger partial charge in [0.2, 0.25) is 0 Å². The van der Waals surface area contributed by atoms with Gasteiger partial charge in [0, 0.05) is 32.2 Å². The lowest BCUT2D eigenvalue weighted by Crippen LogP contribution is -2.44. The Morgan fingerprint density at radius 1 is 1.25 bits per heavy atom. The summed E-state index contributed by atoms with van der Waals surface area (Å²) in [4.78, 5) is 2.72. The molecule has 0 amide bonds. The molecule has 2 fully saturated rings. The van der Waals surface area contributed by atoms with Crippen molar-refractivity contribution in [2.45, 2.75) is 56.8 Å². The molecule has 4 rings (SSSR count). The molecule has 20 heavy (non-hydrogen) atoms. The molecule has 1 aromatic rings. The first-order valence-corrected chi connectivity index (χ1v) is 7.86. The topological polar surface area (TPSA) is 21.7 Å². The van der Waals surface area contributed by atoms with E-state index in [0.29, 0.717) is 6.10 Å². The van der Waals surface area contributed by atoms with Crippen molar-refractivity contribution in [2.75, 3.05) is 13.7 Å². The molecule has 0 aliphatic carbocycles. The Morgan fingerprint density at radius 2 is 2.05 bits per heavy atom. The van der Waals surface area contributed by atoms with Gasteiger partial charge in [-0.2, -0.15) is 0 Å². The van der Waals surface area contributed by atoms with Gasteiger partial charge in [-0.3, -0.25) is 4.90 Å². The van der Waals surface area contributed by atoms with Gasteiger partial charge in [0.25, 0.3) is 0 Å². The van der Waals surface area contributed by atoms with E-state index in [-0.39, 0.29) is 0 Å². The van der Waals surface area contributed by atoms with Crippen LogP contribution in [-0.4, -0.2) is 36.8 Å². The summed E-state index contributed by atoms with van der Waals surface area (Å²) in [7, 11) is 1.86. The van der Waals surface area contributed by atoms with E-state index in [0.717, 1.165) is 37.4 Å². The lowest BCUT2D eigenvalue weighted by atomic mass is 9.98. The molecule has 3 aliphatic rings. The molecule has 1 unspecified atom stereocenters. The monoisotopic (exact) mass is 273 g/mol. The highest BCUT2D eigenvalue weighted by atomic mass is 16.5. The zero-order valence-electron chi connectivity index (χ0n) is 12.2. The smallest absolute Gasteiger partial charge is 0.122 e. The Bertz CT molecular complexity index is 488. The van der Waals surface area contributed by atoms with Gasteiger partial charge < -0.3 is 9.47 Å². The average molecular weight is 273 g/mol. The minimum Gasteiger partial charge on any atom is -0.493 e. The van der Waals surface area contributed by atoms with E-state index in [1.54, 1.807) is 0 Å². The molecule has 2 bridgehead atoms. The van der Waals surface area contributed by atoms with Crippen LogP contribution in [0.25, 0.3) is 0 Å². The summed E-state index contributed by atoms with van der Waals surface area (Å²) in [5.74, 6) is 1.09. The van der Waals surface area contributed by atoms with E-state index in [1.807, 2.05) is 7.11 Å². The maximum atomic E-state index is 5.60. The molecule has 2 saturated heterocycles. The molecule has 1 aromatic carbocycles. The summed E-state index contributed by atoms with van der Waals surface area (Å²) < 4.78 is 11.2. The highest BCUT2D eigenvalue weighted by Crippen LogP contribution is 2.38. The molecule has 108 valence electrons. The molecule has 0 spiro atoms. The van der Waals surface area contributed by atoms with Gasteiger partial charge in [-0.05, 0) is 42.9 Å². The fourth-order valence-corrected chi connectivity index (χ4v) is 4.22. The number of rotatable bonds is 3. The molecule has 3 nitrogen and oxygen atoms in total. The van der Waals surface area contributed by atoms with Crippen LogP contribution < -0.4 is 4.74 Å². The normalized spacial score (nSPS) is 32.1. The predicted molar refractivity (Wildman–Crippen MR) is 78.0 cm³/mol. The van der Waals surface area contributed by atoms with Gasteiger partial charge in [-0.1, -0.05) is 12.1 Å². The zero-order chi connectivity index (χ0) is 13.5. The summed E-state index contributed by atoms with van der Waals surface area (Å²) in [6.45, 7) is 1.95. The van der Waals surface area contributed by atoms with Crippen molar-refractivity contribution >= 4 is 0 Å². The van der Waals surface area contributed by atoms with Crippen molar-refractivity contribution in [1.29, 1.82) is 0 Å². The van der Waals surface area contributed by atoms with Crippen LogP contribution in [0.2, 0.25) is 0 Å². The van der Waals surface area contributed by atoms with Gasteiger partial charge in [-0.25, -0.2) is 0 Å². The van der Waals surface area contributed by atoms with Gasteiger partial charge in [0.1, 0.15) is 5.75 Å². The van der Waals surface area contributed by atoms with E-state index < -0.39 is 0 Å². The quantitative estimate of drug-likeness (QED) is 0.845. The molecular weight excluding hydrogens is 250 g/mol. The molecule has 3 aliphatic heterocycles. The molecule has 0 aromatic heterocycles. The zero-order valence-corrected chi connectivity index (χ0v) is 12.2. The Hall–Kier alpha value is -1.06. The average Bonchev–Trinajstić information content (AvgIpc) is 3.01. The fourth-order valence-electron chi connectivity index (χ4n) is 4.22. The number of piperidine rings is 1. The number of ether oxygens (including phenoxy) is 2. The summed E-state index contributed by atoms with van der Waals surface area (Å²) in [5, 5.41) is 0. The largest absolute Gasteiger partial charge is 0.493 e. The molecule has 3 heterocycles. The van der Waals surface area contributed by atoms with E-state index >= 15 is 0 Å². The van der Waals surface area contributed by atoms with Crippen LogP contribution in [0, 0.1) is 0 Å². The molecule has 3 atom stereocenters. The lowest BCUT2D eigenvalue weighted by molar-refractivity contribution is 0.00251. The van der Waals surface area contributed by atoms with Crippen molar-refractivity contribution < 1.29 is 9.47 Å². The Labute approximate surface area is 120 Å². The van der Waals surface area contributed by atoms with Crippen molar-refractivity contribution in [3.63, 3.8) is 0 Å². The minimum absolute atomic E-state index is 0.483. The number of nitrogens with zero attached hydrogens (tertiary/aromatic N) is 1. The van der Waals surface area contributed by atoms with Crippen LogP contribution in [-0.2, 0) is 17.7 Å². The maximum Gasteiger partial charge on any atom is 0.122 e. The first kappa shape index (κ1) is 12.7. The first-order chi connectivity index (χ1) is 9.83.